The molecule has 1 atom stereocenters. The van der Waals surface area contributed by atoms with Crippen molar-refractivity contribution in [3.8, 4) is 0 Å². The van der Waals surface area contributed by atoms with Gasteiger partial charge in [-0.05, 0) is 0 Å². The Labute approximate surface area is 99.8 Å². The van der Waals surface area contributed by atoms with Gasteiger partial charge >= 0.3 is 99.7 Å². The summed E-state index contributed by atoms with van der Waals surface area (Å²) < 4.78 is 0. The van der Waals surface area contributed by atoms with Gasteiger partial charge in [-0.1, -0.05) is 0 Å². The summed E-state index contributed by atoms with van der Waals surface area (Å²) in [5, 5.41) is 10.8. The van der Waals surface area contributed by atoms with Crippen LogP contribution >= 0.6 is 11.6 Å². The van der Waals surface area contributed by atoms with Crippen LogP contribution in [0.5, 0.6) is 0 Å². The van der Waals surface area contributed by atoms with Gasteiger partial charge < -0.3 is 0 Å². The fourth-order valence-electron chi connectivity index (χ4n) is 0.956. The number of carbonyl (C=O) groups is 1. The van der Waals surface area contributed by atoms with Crippen molar-refractivity contribution in [3.05, 3.63) is 34.9 Å². The molecule has 1 aromatic rings. The first-order chi connectivity index (χ1) is 7.09. The summed E-state index contributed by atoms with van der Waals surface area (Å²) in [6, 6.07) is 6.86. The van der Waals surface area contributed by atoms with Crippen LogP contribution < -0.4 is 5.73 Å². The van der Waals surface area contributed by atoms with Gasteiger partial charge in [0.1, 0.15) is 0 Å². The standard InChI is InChI=1S/C10H12ClNO2Se/c11-8-3-1-7(2-4-8)5-15-6-9(12)10(13)14/h1-4,9H,5-6,12H2,(H,13,14)/t9-/m0/s1. The van der Waals surface area contributed by atoms with Crippen LogP contribution in [0.4, 0.5) is 0 Å². The van der Waals surface area contributed by atoms with E-state index in [2.05, 4.69) is 0 Å². The molecule has 1 aromatic carbocycles. The van der Waals surface area contributed by atoms with Crippen LogP contribution in [-0.4, -0.2) is 32.1 Å². The Morgan fingerprint density at radius 1 is 1.47 bits per heavy atom. The molecule has 3 N–H and O–H groups in total. The van der Waals surface area contributed by atoms with Gasteiger partial charge in [0.05, 0.1) is 0 Å². The molecule has 0 heterocycles. The number of carboxylic acids is 1. The molecule has 0 saturated heterocycles. The van der Waals surface area contributed by atoms with E-state index in [9.17, 15) is 4.79 Å². The molecule has 0 aromatic heterocycles. The average Bonchev–Trinajstić information content (AvgIpc) is 2.20. The molecule has 3 nitrogen and oxygen atoms in total. The summed E-state index contributed by atoms with van der Waals surface area (Å²) in [7, 11) is 0. The Kier molecular flexibility index (Phi) is 5.12. The maximum absolute atomic E-state index is 10.5. The Balaban J connectivity index is 2.32. The summed E-state index contributed by atoms with van der Waals surface area (Å²) in [5.41, 5.74) is 6.58. The molecule has 0 aliphatic carbocycles. The normalized spacial score (nSPS) is 12.4. The van der Waals surface area contributed by atoms with E-state index in [-0.39, 0.29) is 15.0 Å². The third-order valence-corrected chi connectivity index (χ3v) is 4.42. The van der Waals surface area contributed by atoms with Crippen molar-refractivity contribution in [2.45, 2.75) is 16.7 Å². The number of halogens is 1. The molecule has 15 heavy (non-hydrogen) atoms. The van der Waals surface area contributed by atoms with Crippen LogP contribution in [0.3, 0.4) is 0 Å². The maximum atomic E-state index is 10.5. The predicted molar refractivity (Wildman–Crippen MR) is 61.3 cm³/mol. The van der Waals surface area contributed by atoms with Gasteiger partial charge in [0, 0.05) is 0 Å². The number of hydrogen-bond donors (Lipinski definition) is 2. The number of hydrogen-bond acceptors (Lipinski definition) is 2. The van der Waals surface area contributed by atoms with Gasteiger partial charge in [-0.25, -0.2) is 0 Å². The molecular weight excluding hydrogens is 281 g/mol. The number of rotatable bonds is 5. The second-order valence-electron chi connectivity index (χ2n) is 3.09. The zero-order valence-electron chi connectivity index (χ0n) is 8.02. The summed E-state index contributed by atoms with van der Waals surface area (Å²) >= 11 is 5.97. The van der Waals surface area contributed by atoms with Crippen molar-refractivity contribution in [2.75, 3.05) is 0 Å². The van der Waals surface area contributed by atoms with Gasteiger partial charge in [-0.3, -0.25) is 0 Å². The minimum atomic E-state index is -0.923. The third kappa shape index (κ3) is 4.67. The number of nitrogens with two attached hydrogens (primary N) is 1. The molecule has 0 saturated carbocycles. The van der Waals surface area contributed by atoms with Crippen LogP contribution in [0.15, 0.2) is 24.3 Å². The first-order valence-electron chi connectivity index (χ1n) is 4.40. The summed E-state index contributed by atoms with van der Waals surface area (Å²) in [6.45, 7) is 0. The predicted octanol–water partition coefficient (Wildman–Crippen LogP) is 1.37. The minimum absolute atomic E-state index is 0.228. The van der Waals surface area contributed by atoms with Gasteiger partial charge in [0.15, 0.2) is 0 Å². The fraction of sp³-hybridized carbons (Fsp3) is 0.300. The van der Waals surface area contributed by atoms with Crippen molar-refractivity contribution < 1.29 is 9.90 Å². The van der Waals surface area contributed by atoms with Gasteiger partial charge in [-0.15, -0.1) is 0 Å². The monoisotopic (exact) mass is 293 g/mol. The number of aliphatic carboxylic acids is 1. The van der Waals surface area contributed by atoms with Crippen molar-refractivity contribution in [1.29, 1.82) is 0 Å². The number of benzene rings is 1. The molecule has 1 rings (SSSR count). The molecule has 0 spiro atoms. The van der Waals surface area contributed by atoms with Crippen molar-refractivity contribution in [2.24, 2.45) is 5.73 Å². The van der Waals surface area contributed by atoms with Crippen LogP contribution in [0.25, 0.3) is 0 Å². The van der Waals surface area contributed by atoms with Crippen molar-refractivity contribution in [3.63, 3.8) is 0 Å². The summed E-state index contributed by atoms with van der Waals surface area (Å²) in [5.74, 6) is -0.923. The molecule has 0 aliphatic rings. The Morgan fingerprint density at radius 2 is 2.07 bits per heavy atom. The molecule has 0 aliphatic heterocycles. The number of carboxylic acid groups (broad SMARTS) is 1. The van der Waals surface area contributed by atoms with E-state index in [4.69, 9.17) is 22.4 Å². The van der Waals surface area contributed by atoms with Crippen molar-refractivity contribution in [1.82, 2.24) is 0 Å². The Hall–Kier alpha value is -0.541. The quantitative estimate of drug-likeness (QED) is 0.806. The second-order valence-corrected chi connectivity index (χ2v) is 5.68. The molecule has 0 amide bonds. The van der Waals surface area contributed by atoms with Gasteiger partial charge in [0.2, 0.25) is 0 Å². The molecule has 0 bridgehead atoms. The van der Waals surface area contributed by atoms with E-state index in [0.717, 1.165) is 5.32 Å². The zero-order valence-corrected chi connectivity index (χ0v) is 10.5. The SMILES string of the molecule is N[C@@H](C[Se]Cc1ccc(Cl)cc1)C(=O)O. The first kappa shape index (κ1) is 12.5. The van der Waals surface area contributed by atoms with E-state index < -0.39 is 12.0 Å². The Bertz CT molecular complexity index is 329. The third-order valence-electron chi connectivity index (χ3n) is 1.80. The molecule has 0 fully saturated rings. The molecule has 0 radical (unpaired) electrons. The van der Waals surface area contributed by atoms with Crippen LogP contribution in [0.2, 0.25) is 10.3 Å². The van der Waals surface area contributed by atoms with E-state index >= 15 is 0 Å². The van der Waals surface area contributed by atoms with Gasteiger partial charge in [-0.2, -0.15) is 0 Å². The zero-order chi connectivity index (χ0) is 11.3. The topological polar surface area (TPSA) is 63.3 Å². The van der Waals surface area contributed by atoms with Crippen molar-refractivity contribution >= 4 is 32.5 Å². The molecule has 5 heteroatoms. The Morgan fingerprint density at radius 3 is 2.60 bits per heavy atom. The van der Waals surface area contributed by atoms with Gasteiger partial charge in [0.25, 0.3) is 0 Å². The summed E-state index contributed by atoms with van der Waals surface area (Å²) in [6.07, 6.45) is 0. The van der Waals surface area contributed by atoms with E-state index in [1.165, 1.54) is 5.56 Å². The van der Waals surface area contributed by atoms with Crippen LogP contribution in [0, 0.1) is 0 Å². The van der Waals surface area contributed by atoms with E-state index in [0.29, 0.717) is 10.3 Å². The van der Waals surface area contributed by atoms with Crippen LogP contribution in [-0.2, 0) is 10.1 Å². The molecule has 82 valence electrons. The van der Waals surface area contributed by atoms with Crippen LogP contribution in [0.1, 0.15) is 5.56 Å². The second kappa shape index (κ2) is 6.13. The fourth-order valence-corrected chi connectivity index (χ4v) is 3.06. The average molecular weight is 293 g/mol. The van der Waals surface area contributed by atoms with E-state index in [1.807, 2.05) is 24.3 Å². The molecular formula is C10H12ClNO2Se. The molecule has 0 unspecified atom stereocenters. The first-order valence-corrected chi connectivity index (χ1v) is 7.20. The summed E-state index contributed by atoms with van der Waals surface area (Å²) in [4.78, 5) is 10.5. The van der Waals surface area contributed by atoms with E-state index in [1.54, 1.807) is 0 Å².